The second kappa shape index (κ2) is 10.1. The Bertz CT molecular complexity index is 1610. The second-order valence-corrected chi connectivity index (χ2v) is 12.5. The smallest absolute Gasteiger partial charge is 0.256 e. The van der Waals surface area contributed by atoms with Crippen LogP contribution in [-0.4, -0.2) is 54.4 Å². The SMILES string of the molecule is Cc1cccc(C)c1CS(=O)(=O)c1ccc2c(c1)/C(=C/c1[nH]c(C)c(C(=O)N3CCC(O)CC3)c1C)C(=O)N2. The number of aromatic nitrogens is 1. The summed E-state index contributed by atoms with van der Waals surface area (Å²) in [6.07, 6.45) is 2.41. The van der Waals surface area contributed by atoms with Gasteiger partial charge >= 0.3 is 0 Å². The first kappa shape index (κ1) is 26.9. The van der Waals surface area contributed by atoms with Crippen molar-refractivity contribution in [1.82, 2.24) is 9.88 Å². The topological polar surface area (TPSA) is 120 Å². The standard InChI is InChI=1S/C30H33N3O5S/c1-17-6-5-7-18(2)25(17)16-39(37,38)22-8-9-26-23(14-22)24(29(35)32-26)15-27-19(3)28(20(4)31-27)30(36)33-12-10-21(34)11-13-33/h5-9,14-15,21,31,34H,10-13,16H2,1-4H3,(H,32,35)/b24-15-. The fourth-order valence-corrected chi connectivity index (χ4v) is 7.04. The summed E-state index contributed by atoms with van der Waals surface area (Å²) < 4.78 is 26.8. The highest BCUT2D eigenvalue weighted by Gasteiger charge is 2.30. The van der Waals surface area contributed by atoms with Crippen molar-refractivity contribution >= 4 is 39.0 Å². The Labute approximate surface area is 228 Å². The van der Waals surface area contributed by atoms with Crippen LogP contribution in [0.25, 0.3) is 11.6 Å². The molecule has 3 N–H and O–H groups in total. The summed E-state index contributed by atoms with van der Waals surface area (Å²) in [7, 11) is -3.67. The Morgan fingerprint density at radius 2 is 1.74 bits per heavy atom. The number of hydrogen-bond donors (Lipinski definition) is 3. The molecule has 0 atom stereocenters. The van der Waals surface area contributed by atoms with E-state index in [0.29, 0.717) is 59.7 Å². The van der Waals surface area contributed by atoms with Crippen molar-refractivity contribution in [3.05, 3.63) is 81.2 Å². The number of likely N-dealkylation sites (tertiary alicyclic amines) is 1. The number of fused-ring (bicyclic) bond motifs is 1. The Kier molecular flexibility index (Phi) is 6.99. The molecule has 39 heavy (non-hydrogen) atoms. The molecule has 8 nitrogen and oxygen atoms in total. The molecule has 1 aromatic heterocycles. The zero-order valence-electron chi connectivity index (χ0n) is 22.6. The lowest BCUT2D eigenvalue weighted by molar-refractivity contribution is -0.110. The maximum absolute atomic E-state index is 13.4. The molecule has 0 unspecified atom stereocenters. The molecule has 204 valence electrons. The lowest BCUT2D eigenvalue weighted by Crippen LogP contribution is -2.40. The molecule has 0 spiro atoms. The number of nitrogens with one attached hydrogen (secondary N) is 2. The van der Waals surface area contributed by atoms with Crippen LogP contribution in [0, 0.1) is 27.7 Å². The number of anilines is 1. The summed E-state index contributed by atoms with van der Waals surface area (Å²) in [6.45, 7) is 8.45. The number of amides is 2. The molecule has 2 amide bonds. The minimum absolute atomic E-state index is 0.103. The number of aromatic amines is 1. The lowest BCUT2D eigenvalue weighted by Gasteiger charge is -2.29. The fraction of sp³-hybridized carbons (Fsp3) is 0.333. The van der Waals surface area contributed by atoms with Crippen LogP contribution in [0.5, 0.6) is 0 Å². The van der Waals surface area contributed by atoms with Crippen LogP contribution in [-0.2, 0) is 20.4 Å². The first-order valence-electron chi connectivity index (χ1n) is 13.1. The van der Waals surface area contributed by atoms with Crippen molar-refractivity contribution in [2.75, 3.05) is 18.4 Å². The number of aliphatic hydroxyl groups excluding tert-OH is 1. The van der Waals surface area contributed by atoms with E-state index in [9.17, 15) is 23.1 Å². The molecule has 0 radical (unpaired) electrons. The highest BCUT2D eigenvalue weighted by atomic mass is 32.2. The molecule has 0 saturated carbocycles. The van der Waals surface area contributed by atoms with Gasteiger partial charge in [0.2, 0.25) is 0 Å². The number of sulfone groups is 1. The lowest BCUT2D eigenvalue weighted by atomic mass is 10.0. The van der Waals surface area contributed by atoms with Gasteiger partial charge in [0.25, 0.3) is 11.8 Å². The van der Waals surface area contributed by atoms with Gasteiger partial charge in [-0.3, -0.25) is 9.59 Å². The van der Waals surface area contributed by atoms with Gasteiger partial charge in [-0.05, 0) is 87.1 Å². The van der Waals surface area contributed by atoms with Gasteiger partial charge in [-0.15, -0.1) is 0 Å². The van der Waals surface area contributed by atoms with Gasteiger partial charge in [-0.2, -0.15) is 0 Å². The van der Waals surface area contributed by atoms with Crippen LogP contribution < -0.4 is 5.32 Å². The van der Waals surface area contributed by atoms with Crippen molar-refractivity contribution in [3.63, 3.8) is 0 Å². The monoisotopic (exact) mass is 547 g/mol. The summed E-state index contributed by atoms with van der Waals surface area (Å²) in [5.74, 6) is -0.564. The minimum atomic E-state index is -3.67. The van der Waals surface area contributed by atoms with Crippen LogP contribution >= 0.6 is 0 Å². The maximum Gasteiger partial charge on any atom is 0.256 e. The van der Waals surface area contributed by atoms with E-state index in [4.69, 9.17) is 0 Å². The molecule has 0 aliphatic carbocycles. The number of benzene rings is 2. The van der Waals surface area contributed by atoms with Crippen LogP contribution in [0.1, 0.15) is 62.4 Å². The molecule has 3 heterocycles. The summed E-state index contributed by atoms with van der Waals surface area (Å²) >= 11 is 0. The number of carbonyl (C=O) groups is 2. The number of aliphatic hydroxyl groups is 1. The molecule has 1 saturated heterocycles. The molecular weight excluding hydrogens is 514 g/mol. The third-order valence-corrected chi connectivity index (χ3v) is 9.48. The normalized spacial score (nSPS) is 17.0. The first-order valence-corrected chi connectivity index (χ1v) is 14.7. The van der Waals surface area contributed by atoms with Crippen molar-refractivity contribution in [3.8, 4) is 0 Å². The Hall–Kier alpha value is -3.69. The summed E-state index contributed by atoms with van der Waals surface area (Å²) in [5, 5.41) is 12.6. The quantitative estimate of drug-likeness (QED) is 0.411. The summed E-state index contributed by atoms with van der Waals surface area (Å²) in [5.41, 5.74) is 6.58. The van der Waals surface area contributed by atoms with E-state index in [2.05, 4.69) is 10.3 Å². The third-order valence-electron chi connectivity index (χ3n) is 7.84. The fourth-order valence-electron chi connectivity index (χ4n) is 5.46. The number of aryl methyl sites for hydroxylation is 3. The summed E-state index contributed by atoms with van der Waals surface area (Å²) in [4.78, 5) is 31.4. The summed E-state index contributed by atoms with van der Waals surface area (Å²) in [6, 6.07) is 10.4. The van der Waals surface area contributed by atoms with E-state index in [0.717, 1.165) is 22.3 Å². The number of H-pyrrole nitrogens is 1. The largest absolute Gasteiger partial charge is 0.393 e. The van der Waals surface area contributed by atoms with Crippen LogP contribution in [0.2, 0.25) is 0 Å². The van der Waals surface area contributed by atoms with Crippen molar-refractivity contribution in [1.29, 1.82) is 0 Å². The predicted octanol–water partition coefficient (Wildman–Crippen LogP) is 4.31. The van der Waals surface area contributed by atoms with E-state index in [1.54, 1.807) is 23.1 Å². The third kappa shape index (κ3) is 5.04. The van der Waals surface area contributed by atoms with E-state index in [1.807, 2.05) is 45.9 Å². The molecule has 3 aromatic rings. The number of rotatable bonds is 5. The highest BCUT2D eigenvalue weighted by molar-refractivity contribution is 7.90. The molecule has 2 aliphatic rings. The molecule has 9 heteroatoms. The molecule has 2 aliphatic heterocycles. The average molecular weight is 548 g/mol. The van der Waals surface area contributed by atoms with E-state index >= 15 is 0 Å². The van der Waals surface area contributed by atoms with Gasteiger partial charge in [0.15, 0.2) is 9.84 Å². The number of carbonyl (C=O) groups excluding carboxylic acids is 2. The minimum Gasteiger partial charge on any atom is -0.393 e. The predicted molar refractivity (Wildman–Crippen MR) is 151 cm³/mol. The molecular formula is C30H33N3O5S. The van der Waals surface area contributed by atoms with Crippen molar-refractivity contribution in [2.24, 2.45) is 0 Å². The van der Waals surface area contributed by atoms with Gasteiger partial charge in [0.1, 0.15) is 0 Å². The van der Waals surface area contributed by atoms with Crippen LogP contribution in [0.15, 0.2) is 41.3 Å². The van der Waals surface area contributed by atoms with E-state index in [1.165, 1.54) is 6.07 Å². The molecule has 5 rings (SSSR count). The van der Waals surface area contributed by atoms with Crippen molar-refractivity contribution < 1.29 is 23.1 Å². The zero-order valence-corrected chi connectivity index (χ0v) is 23.4. The number of hydrogen-bond acceptors (Lipinski definition) is 5. The molecule has 1 fully saturated rings. The average Bonchev–Trinajstić information content (AvgIpc) is 3.35. The van der Waals surface area contributed by atoms with Gasteiger partial charge in [0.05, 0.1) is 27.9 Å². The second-order valence-electron chi connectivity index (χ2n) is 10.5. The maximum atomic E-state index is 13.4. The number of piperidine rings is 1. The molecule has 0 bridgehead atoms. The first-order chi connectivity index (χ1) is 18.5. The zero-order chi connectivity index (χ0) is 28.1. The molecule has 2 aromatic carbocycles. The Balaban J connectivity index is 1.48. The Morgan fingerprint density at radius 1 is 1.08 bits per heavy atom. The highest BCUT2D eigenvalue weighted by Crippen LogP contribution is 2.36. The van der Waals surface area contributed by atoms with Gasteiger partial charge in [-0.1, -0.05) is 18.2 Å². The van der Waals surface area contributed by atoms with Crippen LogP contribution in [0.4, 0.5) is 5.69 Å². The van der Waals surface area contributed by atoms with Gasteiger partial charge < -0.3 is 20.3 Å². The number of nitrogens with zero attached hydrogens (tertiary/aromatic N) is 1. The van der Waals surface area contributed by atoms with Crippen molar-refractivity contribution in [2.45, 2.75) is 57.3 Å². The van der Waals surface area contributed by atoms with Crippen LogP contribution in [0.3, 0.4) is 0 Å². The van der Waals surface area contributed by atoms with Gasteiger partial charge in [-0.25, -0.2) is 8.42 Å². The van der Waals surface area contributed by atoms with Gasteiger partial charge in [0, 0.05) is 35.7 Å². The van der Waals surface area contributed by atoms with E-state index < -0.39 is 9.84 Å². The Morgan fingerprint density at radius 3 is 2.41 bits per heavy atom. The van der Waals surface area contributed by atoms with E-state index in [-0.39, 0.29) is 28.6 Å².